The van der Waals surface area contributed by atoms with Gasteiger partial charge in [-0.2, -0.15) is 18.6 Å². The molecule has 154 valence electrons. The second-order valence-corrected chi connectivity index (χ2v) is 7.81. The molecule has 3 aromatic rings. The van der Waals surface area contributed by atoms with Gasteiger partial charge in [0.05, 0.1) is 16.3 Å². The van der Waals surface area contributed by atoms with Crippen molar-refractivity contribution < 1.29 is 23.2 Å². The number of benzene rings is 3. The lowest BCUT2D eigenvalue weighted by molar-refractivity contribution is 0.453. The van der Waals surface area contributed by atoms with Gasteiger partial charge >= 0.3 is 0 Å². The van der Waals surface area contributed by atoms with Crippen LogP contribution in [0.15, 0.2) is 79.9 Å². The zero-order valence-electron chi connectivity index (χ0n) is 16.1. The second kappa shape index (κ2) is 8.39. The number of hydrogen-bond donors (Lipinski definition) is 3. The number of nitrogens with zero attached hydrogens (tertiary/aromatic N) is 4. The number of rotatable bonds is 5. The summed E-state index contributed by atoms with van der Waals surface area (Å²) in [4.78, 5) is -0.275. The van der Waals surface area contributed by atoms with E-state index in [0.717, 1.165) is 11.1 Å². The molecule has 3 aromatic carbocycles. The van der Waals surface area contributed by atoms with Crippen molar-refractivity contribution in [3.05, 3.63) is 65.7 Å². The van der Waals surface area contributed by atoms with Crippen molar-refractivity contribution in [3.8, 4) is 11.5 Å². The summed E-state index contributed by atoms with van der Waals surface area (Å²) in [6.45, 7) is 3.83. The van der Waals surface area contributed by atoms with E-state index in [9.17, 15) is 18.6 Å². The fourth-order valence-corrected chi connectivity index (χ4v) is 2.96. The minimum absolute atomic E-state index is 0.0292. The van der Waals surface area contributed by atoms with Crippen LogP contribution in [-0.2, 0) is 10.1 Å². The first-order chi connectivity index (χ1) is 14.2. The minimum atomic E-state index is -4.30. The van der Waals surface area contributed by atoms with Crippen LogP contribution in [0.2, 0.25) is 0 Å². The average molecular weight is 426 g/mol. The molecule has 0 saturated heterocycles. The SMILES string of the molecule is Cc1cccc(/N=N/c2c(O)ccc(/N=N/c3ccc(S(=O)(=O)O)cc3)c2O)c1C. The normalized spacial score (nSPS) is 12.1. The average Bonchev–Trinajstić information content (AvgIpc) is 2.70. The van der Waals surface area contributed by atoms with E-state index < -0.39 is 15.9 Å². The molecule has 0 radical (unpaired) electrons. The van der Waals surface area contributed by atoms with Gasteiger partial charge < -0.3 is 10.2 Å². The zero-order chi connectivity index (χ0) is 21.9. The number of phenols is 2. The van der Waals surface area contributed by atoms with Crippen LogP contribution in [0, 0.1) is 13.8 Å². The number of aromatic hydroxyl groups is 2. The van der Waals surface area contributed by atoms with Gasteiger partial charge in [0.1, 0.15) is 11.4 Å². The summed E-state index contributed by atoms with van der Waals surface area (Å²) in [5, 5.41) is 36.3. The van der Waals surface area contributed by atoms with Gasteiger partial charge in [-0.3, -0.25) is 4.55 Å². The molecule has 3 N–H and O–H groups in total. The standard InChI is InChI=1S/C20H18N4O5S/c1-12-4-3-5-16(13(12)2)22-24-19-18(25)11-10-17(20(19)26)23-21-14-6-8-15(9-7-14)30(27,28)29/h3-11,25-26H,1-2H3,(H,27,28,29)/b23-21+,24-22+. The maximum Gasteiger partial charge on any atom is 0.294 e. The molecule has 0 bridgehead atoms. The van der Waals surface area contributed by atoms with Crippen LogP contribution in [-0.4, -0.2) is 23.2 Å². The number of aryl methyl sites for hydroxylation is 1. The first-order valence-electron chi connectivity index (χ1n) is 8.69. The lowest BCUT2D eigenvalue weighted by Gasteiger charge is -2.05. The topological polar surface area (TPSA) is 144 Å². The minimum Gasteiger partial charge on any atom is -0.505 e. The molecule has 0 saturated carbocycles. The van der Waals surface area contributed by atoms with Crippen LogP contribution in [0.25, 0.3) is 0 Å². The van der Waals surface area contributed by atoms with Gasteiger partial charge in [-0.15, -0.1) is 10.2 Å². The highest BCUT2D eigenvalue weighted by Crippen LogP contribution is 2.44. The molecule has 0 aliphatic carbocycles. The van der Waals surface area contributed by atoms with Crippen LogP contribution >= 0.6 is 0 Å². The summed E-state index contributed by atoms with van der Waals surface area (Å²) in [7, 11) is -4.30. The molecule has 0 aliphatic rings. The van der Waals surface area contributed by atoms with Crippen molar-refractivity contribution in [1.29, 1.82) is 0 Å². The molecule has 0 aromatic heterocycles. The molecule has 0 atom stereocenters. The van der Waals surface area contributed by atoms with Crippen molar-refractivity contribution in [1.82, 2.24) is 0 Å². The lowest BCUT2D eigenvalue weighted by atomic mass is 10.1. The maximum atomic E-state index is 11.1. The summed E-state index contributed by atoms with van der Waals surface area (Å²) in [6.07, 6.45) is 0. The van der Waals surface area contributed by atoms with Gasteiger partial charge in [0.25, 0.3) is 10.1 Å². The fraction of sp³-hybridized carbons (Fsp3) is 0.100. The third kappa shape index (κ3) is 4.67. The molecule has 10 heteroatoms. The maximum absolute atomic E-state index is 11.1. The highest BCUT2D eigenvalue weighted by molar-refractivity contribution is 7.85. The number of phenolic OH excluding ortho intramolecular Hbond substituents is 2. The Balaban J connectivity index is 1.90. The largest absolute Gasteiger partial charge is 0.505 e. The van der Waals surface area contributed by atoms with Crippen molar-refractivity contribution in [3.63, 3.8) is 0 Å². The molecule has 30 heavy (non-hydrogen) atoms. The summed E-state index contributed by atoms with van der Waals surface area (Å²) >= 11 is 0. The molecule has 0 unspecified atom stereocenters. The molecule has 3 rings (SSSR count). The summed E-state index contributed by atoms with van der Waals surface area (Å²) in [5.41, 5.74) is 2.70. The Morgan fingerprint density at radius 2 is 1.43 bits per heavy atom. The highest BCUT2D eigenvalue weighted by atomic mass is 32.2. The zero-order valence-corrected chi connectivity index (χ0v) is 16.9. The molecule has 0 aliphatic heterocycles. The molecular formula is C20H18N4O5S. The molecule has 0 fully saturated rings. The molecular weight excluding hydrogens is 408 g/mol. The first kappa shape index (κ1) is 21.1. The Morgan fingerprint density at radius 1 is 0.767 bits per heavy atom. The number of hydrogen-bond acceptors (Lipinski definition) is 8. The molecule has 0 spiro atoms. The van der Waals surface area contributed by atoms with Gasteiger partial charge in [-0.05, 0) is 67.4 Å². The smallest absolute Gasteiger partial charge is 0.294 e. The Morgan fingerprint density at radius 3 is 2.10 bits per heavy atom. The van der Waals surface area contributed by atoms with E-state index in [1.807, 2.05) is 26.0 Å². The van der Waals surface area contributed by atoms with Crippen LogP contribution in [0.5, 0.6) is 11.5 Å². The second-order valence-electron chi connectivity index (χ2n) is 6.39. The summed E-state index contributed by atoms with van der Waals surface area (Å²) < 4.78 is 31.1. The Labute approximate surface area is 172 Å². The Bertz CT molecular complexity index is 1250. The van der Waals surface area contributed by atoms with Crippen molar-refractivity contribution in [2.24, 2.45) is 20.5 Å². The fourth-order valence-electron chi connectivity index (χ4n) is 2.48. The van der Waals surface area contributed by atoms with Gasteiger partial charge in [-0.25, -0.2) is 0 Å². The Kier molecular flexibility index (Phi) is 5.90. The van der Waals surface area contributed by atoms with E-state index in [4.69, 9.17) is 4.55 Å². The van der Waals surface area contributed by atoms with Crippen molar-refractivity contribution in [2.45, 2.75) is 18.7 Å². The molecule has 9 nitrogen and oxygen atoms in total. The van der Waals surface area contributed by atoms with Crippen molar-refractivity contribution >= 4 is 32.9 Å². The third-order valence-corrected chi connectivity index (χ3v) is 5.22. The Hall–Kier alpha value is -3.63. The van der Waals surface area contributed by atoms with E-state index in [2.05, 4.69) is 20.5 Å². The van der Waals surface area contributed by atoms with Gasteiger partial charge in [0.2, 0.25) is 0 Å². The molecule has 0 amide bonds. The van der Waals surface area contributed by atoms with E-state index in [1.54, 1.807) is 6.07 Å². The van der Waals surface area contributed by atoms with Crippen molar-refractivity contribution in [2.75, 3.05) is 0 Å². The summed E-state index contributed by atoms with van der Waals surface area (Å²) in [5.74, 6) is -0.694. The highest BCUT2D eigenvalue weighted by Gasteiger charge is 2.13. The van der Waals surface area contributed by atoms with Crippen LogP contribution < -0.4 is 0 Å². The van der Waals surface area contributed by atoms with Crippen LogP contribution in [0.1, 0.15) is 11.1 Å². The van der Waals surface area contributed by atoms with Gasteiger partial charge in [-0.1, -0.05) is 12.1 Å². The first-order valence-corrected chi connectivity index (χ1v) is 10.1. The number of azo groups is 2. The van der Waals surface area contributed by atoms with Gasteiger partial charge in [0.15, 0.2) is 11.4 Å². The van der Waals surface area contributed by atoms with E-state index >= 15 is 0 Å². The monoisotopic (exact) mass is 426 g/mol. The van der Waals surface area contributed by atoms with E-state index in [0.29, 0.717) is 5.69 Å². The van der Waals surface area contributed by atoms with E-state index in [-0.39, 0.29) is 27.7 Å². The lowest BCUT2D eigenvalue weighted by Crippen LogP contribution is -1.96. The van der Waals surface area contributed by atoms with E-state index in [1.165, 1.54) is 36.4 Å². The quantitative estimate of drug-likeness (QED) is 0.349. The van der Waals surface area contributed by atoms with Gasteiger partial charge in [0, 0.05) is 0 Å². The predicted molar refractivity (Wildman–Crippen MR) is 110 cm³/mol. The predicted octanol–water partition coefficient (Wildman–Crippen LogP) is 5.79. The van der Waals surface area contributed by atoms with Crippen LogP contribution in [0.4, 0.5) is 22.7 Å². The molecule has 0 heterocycles. The summed E-state index contributed by atoms with van der Waals surface area (Å²) in [6, 6.07) is 13.2. The van der Waals surface area contributed by atoms with Crippen LogP contribution in [0.3, 0.4) is 0 Å². The third-order valence-electron chi connectivity index (χ3n) is 4.35.